The van der Waals surface area contributed by atoms with Crippen LogP contribution in [0.4, 0.5) is 0 Å². The molecule has 2 aromatic rings. The molecule has 1 aromatic heterocycles. The smallest absolute Gasteiger partial charge is 0.284 e. The van der Waals surface area contributed by atoms with Gasteiger partial charge in [-0.05, 0) is 24.0 Å². The molecule has 0 saturated carbocycles. The van der Waals surface area contributed by atoms with Crippen molar-refractivity contribution in [1.82, 2.24) is 14.9 Å². The Kier molecular flexibility index (Phi) is 3.52. The van der Waals surface area contributed by atoms with E-state index in [4.69, 9.17) is 5.73 Å². The summed E-state index contributed by atoms with van der Waals surface area (Å²) in [5.41, 5.74) is 8.14. The molecule has 0 atom stereocenters. The number of benzene rings is 1. The van der Waals surface area contributed by atoms with E-state index >= 15 is 0 Å². The molecule has 3 rings (SSSR count). The number of nitrogens with one attached hydrogen (secondary N) is 1. The molecule has 0 radical (unpaired) electrons. The molecular formula is C15H18N4O. The number of hydrogen-bond acceptors (Lipinski definition) is 3. The molecule has 20 heavy (non-hydrogen) atoms. The summed E-state index contributed by atoms with van der Waals surface area (Å²) in [5.74, 6) is -0.162. The summed E-state index contributed by atoms with van der Waals surface area (Å²) in [4.78, 5) is 15.1. The van der Waals surface area contributed by atoms with E-state index in [9.17, 15) is 4.79 Å². The maximum absolute atomic E-state index is 11.2. The highest BCUT2D eigenvalue weighted by Crippen LogP contribution is 2.21. The van der Waals surface area contributed by atoms with Crippen LogP contribution in [0.5, 0.6) is 0 Å². The fourth-order valence-electron chi connectivity index (χ4n) is 2.81. The summed E-state index contributed by atoms with van der Waals surface area (Å²) in [5, 5.41) is 3.53. The van der Waals surface area contributed by atoms with Crippen molar-refractivity contribution in [1.29, 1.82) is 0 Å². The number of carbonyl (C=O) groups is 1. The van der Waals surface area contributed by atoms with Crippen molar-refractivity contribution in [3.05, 3.63) is 53.6 Å². The molecule has 0 unspecified atom stereocenters. The zero-order chi connectivity index (χ0) is 13.9. The minimum absolute atomic E-state index is 0.321. The first kappa shape index (κ1) is 12.9. The van der Waals surface area contributed by atoms with E-state index in [1.807, 2.05) is 0 Å². The second kappa shape index (κ2) is 5.46. The maximum atomic E-state index is 11.2. The summed E-state index contributed by atoms with van der Waals surface area (Å²) in [6, 6.07) is 9.04. The lowest BCUT2D eigenvalue weighted by atomic mass is 10.1. The van der Waals surface area contributed by atoms with Gasteiger partial charge in [-0.2, -0.15) is 0 Å². The zero-order valence-corrected chi connectivity index (χ0v) is 11.2. The molecule has 0 bridgehead atoms. The van der Waals surface area contributed by atoms with Crippen LogP contribution in [0.2, 0.25) is 0 Å². The molecule has 1 amide bonds. The number of rotatable bonds is 5. The van der Waals surface area contributed by atoms with Crippen LogP contribution in [0.1, 0.15) is 21.7 Å². The molecule has 1 aromatic carbocycles. The van der Waals surface area contributed by atoms with Crippen LogP contribution < -0.4 is 11.1 Å². The van der Waals surface area contributed by atoms with Gasteiger partial charge >= 0.3 is 0 Å². The van der Waals surface area contributed by atoms with Crippen LogP contribution in [-0.2, 0) is 19.4 Å². The number of amides is 1. The van der Waals surface area contributed by atoms with E-state index in [-0.39, 0.29) is 0 Å². The Morgan fingerprint density at radius 3 is 2.70 bits per heavy atom. The van der Waals surface area contributed by atoms with E-state index in [0.29, 0.717) is 18.4 Å². The van der Waals surface area contributed by atoms with Crippen LogP contribution in [0.3, 0.4) is 0 Å². The van der Waals surface area contributed by atoms with Crippen LogP contribution in [0.15, 0.2) is 36.7 Å². The fraction of sp³-hybridized carbons (Fsp3) is 0.333. The van der Waals surface area contributed by atoms with Crippen LogP contribution in [0, 0.1) is 0 Å². The second-order valence-corrected chi connectivity index (χ2v) is 5.14. The topological polar surface area (TPSA) is 72.9 Å². The third-order valence-corrected chi connectivity index (χ3v) is 3.77. The standard InChI is InChI=1S/C15H18N4O/c16-14(20)15-18-6-8-19(15)7-5-17-13-9-11-3-1-2-4-12(11)10-13/h1-4,6,8,13,17H,5,7,9-10H2,(H2,16,20). The summed E-state index contributed by atoms with van der Waals surface area (Å²) in [6.45, 7) is 1.50. The minimum atomic E-state index is -0.483. The molecule has 104 valence electrons. The fourth-order valence-corrected chi connectivity index (χ4v) is 2.81. The van der Waals surface area contributed by atoms with Gasteiger partial charge in [0, 0.05) is 31.5 Å². The number of nitrogens with zero attached hydrogens (tertiary/aromatic N) is 2. The first-order chi connectivity index (χ1) is 9.74. The highest BCUT2D eigenvalue weighted by Gasteiger charge is 2.20. The second-order valence-electron chi connectivity index (χ2n) is 5.14. The van der Waals surface area contributed by atoms with E-state index in [0.717, 1.165) is 19.4 Å². The third kappa shape index (κ3) is 2.58. The van der Waals surface area contributed by atoms with Crippen LogP contribution >= 0.6 is 0 Å². The number of imidazole rings is 1. The van der Waals surface area contributed by atoms with Gasteiger partial charge in [-0.1, -0.05) is 24.3 Å². The van der Waals surface area contributed by atoms with Crippen molar-refractivity contribution in [3.8, 4) is 0 Å². The number of aromatic nitrogens is 2. The lowest BCUT2D eigenvalue weighted by molar-refractivity contribution is 0.0986. The van der Waals surface area contributed by atoms with Gasteiger partial charge < -0.3 is 15.6 Å². The van der Waals surface area contributed by atoms with Crippen LogP contribution in [-0.4, -0.2) is 28.0 Å². The molecule has 1 aliphatic carbocycles. The van der Waals surface area contributed by atoms with E-state index in [1.54, 1.807) is 17.0 Å². The first-order valence-electron chi connectivity index (χ1n) is 6.85. The van der Waals surface area contributed by atoms with Crippen molar-refractivity contribution in [2.45, 2.75) is 25.4 Å². The summed E-state index contributed by atoms with van der Waals surface area (Å²) < 4.78 is 1.79. The average molecular weight is 270 g/mol. The molecular weight excluding hydrogens is 252 g/mol. The van der Waals surface area contributed by atoms with Crippen molar-refractivity contribution in [3.63, 3.8) is 0 Å². The Morgan fingerprint density at radius 1 is 1.35 bits per heavy atom. The lowest BCUT2D eigenvalue weighted by Crippen LogP contribution is -2.33. The molecule has 5 heteroatoms. The van der Waals surface area contributed by atoms with Gasteiger partial charge in [0.1, 0.15) is 0 Å². The Bertz CT molecular complexity index is 595. The zero-order valence-electron chi connectivity index (χ0n) is 11.2. The van der Waals surface area contributed by atoms with E-state index < -0.39 is 5.91 Å². The van der Waals surface area contributed by atoms with Gasteiger partial charge in [0.05, 0.1) is 0 Å². The summed E-state index contributed by atoms with van der Waals surface area (Å²) in [7, 11) is 0. The van der Waals surface area contributed by atoms with Gasteiger partial charge in [-0.25, -0.2) is 4.98 Å². The largest absolute Gasteiger partial charge is 0.363 e. The number of hydrogen-bond donors (Lipinski definition) is 2. The first-order valence-corrected chi connectivity index (χ1v) is 6.85. The Balaban J connectivity index is 1.52. The maximum Gasteiger partial charge on any atom is 0.284 e. The van der Waals surface area contributed by atoms with Crippen molar-refractivity contribution in [2.24, 2.45) is 5.73 Å². The molecule has 0 saturated heterocycles. The van der Waals surface area contributed by atoms with Crippen LogP contribution in [0.25, 0.3) is 0 Å². The summed E-state index contributed by atoms with van der Waals surface area (Å²) >= 11 is 0. The van der Waals surface area contributed by atoms with E-state index in [1.165, 1.54) is 11.1 Å². The molecule has 1 heterocycles. The number of primary amides is 1. The number of nitrogens with two attached hydrogens (primary N) is 1. The van der Waals surface area contributed by atoms with E-state index in [2.05, 4.69) is 34.6 Å². The molecule has 0 spiro atoms. The third-order valence-electron chi connectivity index (χ3n) is 3.77. The molecule has 1 aliphatic rings. The van der Waals surface area contributed by atoms with Gasteiger partial charge in [0.15, 0.2) is 5.82 Å². The number of carbonyl (C=O) groups excluding carboxylic acids is 1. The molecule has 5 nitrogen and oxygen atoms in total. The predicted molar refractivity (Wildman–Crippen MR) is 76.4 cm³/mol. The lowest BCUT2D eigenvalue weighted by Gasteiger charge is -2.12. The summed E-state index contributed by atoms with van der Waals surface area (Å²) in [6.07, 6.45) is 5.53. The van der Waals surface area contributed by atoms with Gasteiger partial charge in [0.2, 0.25) is 0 Å². The highest BCUT2D eigenvalue weighted by atomic mass is 16.1. The molecule has 0 aliphatic heterocycles. The van der Waals surface area contributed by atoms with Gasteiger partial charge in [0.25, 0.3) is 5.91 Å². The Labute approximate surface area is 117 Å². The quantitative estimate of drug-likeness (QED) is 0.841. The highest BCUT2D eigenvalue weighted by molar-refractivity contribution is 5.89. The predicted octanol–water partition coefficient (Wildman–Crippen LogP) is 0.739. The number of fused-ring (bicyclic) bond motifs is 1. The van der Waals surface area contributed by atoms with Crippen molar-refractivity contribution >= 4 is 5.91 Å². The van der Waals surface area contributed by atoms with Crippen molar-refractivity contribution < 1.29 is 4.79 Å². The van der Waals surface area contributed by atoms with Gasteiger partial charge in [-0.3, -0.25) is 4.79 Å². The Hall–Kier alpha value is -2.14. The average Bonchev–Trinajstić information content (AvgIpc) is 3.04. The molecule has 3 N–H and O–H groups in total. The van der Waals surface area contributed by atoms with Gasteiger partial charge in [-0.15, -0.1) is 0 Å². The SMILES string of the molecule is NC(=O)c1nccn1CCNC1Cc2ccccc2C1. The monoisotopic (exact) mass is 270 g/mol. The minimum Gasteiger partial charge on any atom is -0.363 e. The molecule has 0 fully saturated rings. The van der Waals surface area contributed by atoms with Crippen molar-refractivity contribution in [2.75, 3.05) is 6.54 Å². The normalized spacial score (nSPS) is 14.4. The Morgan fingerprint density at radius 2 is 2.05 bits per heavy atom.